The summed E-state index contributed by atoms with van der Waals surface area (Å²) in [4.78, 5) is 27.2. The highest BCUT2D eigenvalue weighted by Gasteiger charge is 2.36. The molecule has 0 bridgehead atoms. The Kier molecular flexibility index (Phi) is 7.13. The number of carbonyl (C=O) groups excluding carboxylic acids is 2. The standard InChI is InChI=1S/C24H23BrFNO3S/c25-19-10-11-21(30-15-17-8-4-5-9-20(17)26)18(12-19)13-22-23(28)27(24(29)31-22)14-16-6-2-1-3-7-16/h4-5,8-13,16H,1-3,6-7,14-15H2/b22-13+. The zero-order chi connectivity index (χ0) is 21.8. The summed E-state index contributed by atoms with van der Waals surface area (Å²) in [5.74, 6) is 0.336. The number of hydrogen-bond donors (Lipinski definition) is 0. The molecule has 1 saturated carbocycles. The molecular weight excluding hydrogens is 481 g/mol. The largest absolute Gasteiger partial charge is 0.488 e. The summed E-state index contributed by atoms with van der Waals surface area (Å²) in [6.07, 6.45) is 7.39. The number of carbonyl (C=O) groups is 2. The van der Waals surface area contributed by atoms with E-state index in [9.17, 15) is 14.0 Å². The van der Waals surface area contributed by atoms with Crippen LogP contribution in [0.15, 0.2) is 51.8 Å². The van der Waals surface area contributed by atoms with Crippen molar-refractivity contribution in [3.8, 4) is 5.75 Å². The van der Waals surface area contributed by atoms with Crippen LogP contribution in [0.4, 0.5) is 9.18 Å². The zero-order valence-corrected chi connectivity index (χ0v) is 19.4. The molecule has 1 aliphatic heterocycles. The molecule has 2 fully saturated rings. The minimum absolute atomic E-state index is 0.0678. The van der Waals surface area contributed by atoms with Crippen molar-refractivity contribution in [3.63, 3.8) is 0 Å². The first-order valence-electron chi connectivity index (χ1n) is 10.4. The SMILES string of the molecule is O=C1S/C(=C/c2cc(Br)ccc2OCc2ccccc2F)C(=O)N1CC1CCCCC1. The van der Waals surface area contributed by atoms with Gasteiger partial charge in [-0.2, -0.15) is 0 Å². The molecule has 4 nitrogen and oxygen atoms in total. The van der Waals surface area contributed by atoms with Crippen LogP contribution in [-0.4, -0.2) is 22.6 Å². The quantitative estimate of drug-likeness (QED) is 0.407. The molecule has 0 unspecified atom stereocenters. The van der Waals surface area contributed by atoms with Gasteiger partial charge in [0.1, 0.15) is 18.2 Å². The molecule has 2 aromatic carbocycles. The van der Waals surface area contributed by atoms with Gasteiger partial charge < -0.3 is 4.74 Å². The topological polar surface area (TPSA) is 46.6 Å². The van der Waals surface area contributed by atoms with Crippen LogP contribution in [0.1, 0.15) is 43.2 Å². The highest BCUT2D eigenvalue weighted by atomic mass is 79.9. The Labute approximate surface area is 194 Å². The maximum atomic E-state index is 13.9. The first-order valence-corrected chi connectivity index (χ1v) is 12.0. The Bertz CT molecular complexity index is 1020. The van der Waals surface area contributed by atoms with Crippen LogP contribution in [0.3, 0.4) is 0 Å². The number of hydrogen-bond acceptors (Lipinski definition) is 4. The van der Waals surface area contributed by atoms with Gasteiger partial charge in [-0.05, 0) is 60.9 Å². The fraction of sp³-hybridized carbons (Fsp3) is 0.333. The number of benzene rings is 2. The van der Waals surface area contributed by atoms with Crippen molar-refractivity contribution in [1.29, 1.82) is 0 Å². The first-order chi connectivity index (χ1) is 15.0. The summed E-state index contributed by atoms with van der Waals surface area (Å²) < 4.78 is 20.6. The summed E-state index contributed by atoms with van der Waals surface area (Å²) >= 11 is 4.41. The Morgan fingerprint density at radius 2 is 1.90 bits per heavy atom. The summed E-state index contributed by atoms with van der Waals surface area (Å²) in [5, 5.41) is -0.217. The van der Waals surface area contributed by atoms with E-state index in [1.54, 1.807) is 30.3 Å². The predicted octanol–water partition coefficient (Wildman–Crippen LogP) is 6.78. The Morgan fingerprint density at radius 3 is 2.68 bits per heavy atom. The van der Waals surface area contributed by atoms with Gasteiger partial charge in [-0.15, -0.1) is 0 Å². The van der Waals surface area contributed by atoms with Crippen molar-refractivity contribution >= 4 is 44.9 Å². The molecule has 4 rings (SSSR count). The Balaban J connectivity index is 1.52. The minimum Gasteiger partial charge on any atom is -0.488 e. The molecule has 2 aromatic rings. The second kappa shape index (κ2) is 10.0. The molecule has 2 amide bonds. The molecule has 2 aliphatic rings. The van der Waals surface area contributed by atoms with Crippen molar-refractivity contribution < 1.29 is 18.7 Å². The molecular formula is C24H23BrFNO3S. The van der Waals surface area contributed by atoms with Gasteiger partial charge >= 0.3 is 0 Å². The summed E-state index contributed by atoms with van der Waals surface area (Å²) in [6.45, 7) is 0.565. The molecule has 0 spiro atoms. The smallest absolute Gasteiger partial charge is 0.293 e. The molecule has 0 radical (unpaired) electrons. The van der Waals surface area contributed by atoms with Crippen molar-refractivity contribution in [2.24, 2.45) is 5.92 Å². The van der Waals surface area contributed by atoms with E-state index in [4.69, 9.17) is 4.74 Å². The summed E-state index contributed by atoms with van der Waals surface area (Å²) in [5.41, 5.74) is 1.11. The highest BCUT2D eigenvalue weighted by molar-refractivity contribution is 9.10. The number of ether oxygens (including phenoxy) is 1. The third-order valence-corrected chi connectivity index (χ3v) is 7.04. The lowest BCUT2D eigenvalue weighted by Gasteiger charge is -2.25. The van der Waals surface area contributed by atoms with Crippen LogP contribution in [0.2, 0.25) is 0 Å². The van der Waals surface area contributed by atoms with Crippen LogP contribution in [0.5, 0.6) is 5.75 Å². The van der Waals surface area contributed by atoms with Gasteiger partial charge in [-0.1, -0.05) is 53.4 Å². The van der Waals surface area contributed by atoms with Gasteiger partial charge in [0.25, 0.3) is 11.1 Å². The molecule has 162 valence electrons. The lowest BCUT2D eigenvalue weighted by atomic mass is 9.89. The van der Waals surface area contributed by atoms with Crippen molar-refractivity contribution in [3.05, 3.63) is 68.8 Å². The summed E-state index contributed by atoms with van der Waals surface area (Å²) in [7, 11) is 0. The minimum atomic E-state index is -0.329. The third-order valence-electron chi connectivity index (χ3n) is 5.64. The van der Waals surface area contributed by atoms with E-state index in [0.29, 0.717) is 34.2 Å². The van der Waals surface area contributed by atoms with E-state index in [1.165, 1.54) is 17.4 Å². The first kappa shape index (κ1) is 22.1. The highest BCUT2D eigenvalue weighted by Crippen LogP contribution is 2.36. The number of amides is 2. The van der Waals surface area contributed by atoms with Gasteiger partial charge in [-0.3, -0.25) is 14.5 Å². The molecule has 0 N–H and O–H groups in total. The maximum Gasteiger partial charge on any atom is 0.293 e. The van der Waals surface area contributed by atoms with Crippen LogP contribution in [0.25, 0.3) is 6.08 Å². The normalized spacial score (nSPS) is 18.8. The fourth-order valence-corrected chi connectivity index (χ4v) is 5.18. The predicted molar refractivity (Wildman–Crippen MR) is 124 cm³/mol. The van der Waals surface area contributed by atoms with E-state index in [2.05, 4.69) is 15.9 Å². The van der Waals surface area contributed by atoms with Crippen molar-refractivity contribution in [2.45, 2.75) is 38.7 Å². The molecule has 31 heavy (non-hydrogen) atoms. The molecule has 0 aromatic heterocycles. The van der Waals surface area contributed by atoms with Gasteiger partial charge in [0, 0.05) is 22.1 Å². The average Bonchev–Trinajstić information content (AvgIpc) is 3.02. The lowest BCUT2D eigenvalue weighted by Crippen LogP contribution is -2.34. The van der Waals surface area contributed by atoms with E-state index in [-0.39, 0.29) is 23.6 Å². The van der Waals surface area contributed by atoms with E-state index in [1.807, 2.05) is 12.1 Å². The van der Waals surface area contributed by atoms with Crippen LogP contribution in [-0.2, 0) is 11.4 Å². The number of imide groups is 1. The zero-order valence-electron chi connectivity index (χ0n) is 17.0. The van der Waals surface area contributed by atoms with E-state index in [0.717, 1.165) is 41.9 Å². The van der Waals surface area contributed by atoms with Gasteiger partial charge in [-0.25, -0.2) is 4.39 Å². The second-order valence-corrected chi connectivity index (χ2v) is 9.77. The fourth-order valence-electron chi connectivity index (χ4n) is 3.96. The number of thioether (sulfide) groups is 1. The second-order valence-electron chi connectivity index (χ2n) is 7.86. The van der Waals surface area contributed by atoms with Crippen LogP contribution in [0, 0.1) is 11.7 Å². The maximum absolute atomic E-state index is 13.9. The lowest BCUT2D eigenvalue weighted by molar-refractivity contribution is -0.123. The summed E-state index contributed by atoms with van der Waals surface area (Å²) in [6, 6.07) is 11.9. The van der Waals surface area contributed by atoms with Gasteiger partial charge in [0.2, 0.25) is 0 Å². The average molecular weight is 504 g/mol. The monoisotopic (exact) mass is 503 g/mol. The van der Waals surface area contributed by atoms with Crippen molar-refractivity contribution in [1.82, 2.24) is 4.90 Å². The van der Waals surface area contributed by atoms with Crippen LogP contribution < -0.4 is 4.74 Å². The van der Waals surface area contributed by atoms with E-state index >= 15 is 0 Å². The Hall–Kier alpha value is -2.12. The molecule has 1 aliphatic carbocycles. The number of rotatable bonds is 6. The Morgan fingerprint density at radius 1 is 1.13 bits per heavy atom. The number of nitrogens with zero attached hydrogens (tertiary/aromatic N) is 1. The molecule has 1 saturated heterocycles. The van der Waals surface area contributed by atoms with Crippen molar-refractivity contribution in [2.75, 3.05) is 6.54 Å². The van der Waals surface area contributed by atoms with Crippen LogP contribution >= 0.6 is 27.7 Å². The third kappa shape index (κ3) is 5.39. The molecule has 1 heterocycles. The van der Waals surface area contributed by atoms with Gasteiger partial charge in [0.15, 0.2) is 0 Å². The molecule has 0 atom stereocenters. The number of halogens is 2. The van der Waals surface area contributed by atoms with Gasteiger partial charge in [0.05, 0.1) is 4.91 Å². The molecule has 7 heteroatoms. The van der Waals surface area contributed by atoms with E-state index < -0.39 is 0 Å².